The summed E-state index contributed by atoms with van der Waals surface area (Å²) in [5.41, 5.74) is 4.57. The number of rotatable bonds is 8. The average Bonchev–Trinajstić information content (AvgIpc) is 2.40. The molecule has 0 heterocycles. The van der Waals surface area contributed by atoms with E-state index in [9.17, 15) is 14.4 Å². The molecule has 0 aliphatic rings. The first-order valence-corrected chi connectivity index (χ1v) is 5.54. The third kappa shape index (κ3) is 18.8. The number of carboxylic acids is 1. The van der Waals surface area contributed by atoms with Gasteiger partial charge in [-0.2, -0.15) is 9.78 Å². The van der Waals surface area contributed by atoms with Crippen LogP contribution in [-0.2, 0) is 33.9 Å². The maximum atomic E-state index is 10.8. The van der Waals surface area contributed by atoms with E-state index in [0.29, 0.717) is 0 Å². The van der Waals surface area contributed by atoms with Gasteiger partial charge in [-0.25, -0.2) is 9.59 Å². The zero-order valence-corrected chi connectivity index (χ0v) is 10.9. The Morgan fingerprint density at radius 3 is 1.47 bits per heavy atom. The van der Waals surface area contributed by atoms with Crippen LogP contribution in [0, 0.1) is 0 Å². The van der Waals surface area contributed by atoms with E-state index in [4.69, 9.17) is 5.11 Å². The molecule has 0 aromatic heterocycles. The summed E-state index contributed by atoms with van der Waals surface area (Å²) in [7, 11) is 0. The second-order valence-corrected chi connectivity index (χ2v) is 2.82. The molecule has 0 aliphatic carbocycles. The number of carbonyl (C=O) groups is 3. The number of hydrogen-bond acceptors (Lipinski definition) is 8. The molecule has 0 unspecified atom stereocenters. The monoisotopic (exact) mass is 281 g/mol. The number of aliphatic carboxylic acids is 1. The maximum absolute atomic E-state index is 10.8. The lowest BCUT2D eigenvalue weighted by Gasteiger charge is -2.01. The van der Waals surface area contributed by atoms with Crippen LogP contribution >= 0.6 is 0 Å². The molecule has 0 amide bonds. The van der Waals surface area contributed by atoms with Crippen molar-refractivity contribution in [1.82, 2.24) is 0 Å². The van der Waals surface area contributed by atoms with Crippen molar-refractivity contribution in [1.29, 1.82) is 0 Å². The van der Waals surface area contributed by atoms with E-state index in [1.165, 1.54) is 0 Å². The van der Waals surface area contributed by atoms with E-state index in [1.807, 2.05) is 0 Å². The molecule has 0 atom stereocenters. The van der Waals surface area contributed by atoms with Crippen molar-refractivity contribution in [2.24, 2.45) is 5.73 Å². The van der Waals surface area contributed by atoms with E-state index in [1.54, 1.807) is 13.8 Å². The molecule has 0 aromatic carbocycles. The van der Waals surface area contributed by atoms with Crippen LogP contribution in [0.4, 0.5) is 0 Å². The van der Waals surface area contributed by atoms with Gasteiger partial charge in [0.05, 0.1) is 32.6 Å². The highest BCUT2D eigenvalue weighted by atomic mass is 17.2. The maximum Gasteiger partial charge on any atom is 0.342 e. The van der Waals surface area contributed by atoms with Gasteiger partial charge in [0.15, 0.2) is 0 Å². The molecule has 0 rings (SSSR count). The van der Waals surface area contributed by atoms with Crippen molar-refractivity contribution < 1.29 is 39.0 Å². The fraction of sp³-hybridized carbons (Fsp3) is 0.700. The molecule has 0 bridgehead atoms. The molecular weight excluding hydrogens is 262 g/mol. The van der Waals surface area contributed by atoms with Gasteiger partial charge in [-0.3, -0.25) is 14.6 Å². The van der Waals surface area contributed by atoms with E-state index < -0.39 is 17.9 Å². The molecule has 0 aromatic rings. The first-order chi connectivity index (χ1) is 8.97. The quantitative estimate of drug-likeness (QED) is 0.457. The highest BCUT2D eigenvalue weighted by Crippen LogP contribution is 1.96. The van der Waals surface area contributed by atoms with Gasteiger partial charge in [-0.05, 0) is 13.8 Å². The van der Waals surface area contributed by atoms with Crippen LogP contribution in [0.3, 0.4) is 0 Å². The first-order valence-electron chi connectivity index (χ1n) is 5.54. The summed E-state index contributed by atoms with van der Waals surface area (Å²) < 4.78 is 0. The van der Waals surface area contributed by atoms with E-state index in [0.717, 1.165) is 0 Å². The number of carbonyl (C=O) groups excluding carboxylic acids is 2. The number of hydrogen-bond donors (Lipinski definition) is 2. The Labute approximate surface area is 110 Å². The molecule has 112 valence electrons. The van der Waals surface area contributed by atoms with Gasteiger partial charge in [0.2, 0.25) is 0 Å². The predicted molar refractivity (Wildman–Crippen MR) is 61.4 cm³/mol. The molecule has 0 fully saturated rings. The molecule has 9 nitrogen and oxygen atoms in total. The third-order valence-electron chi connectivity index (χ3n) is 1.25. The smallest absolute Gasteiger partial charge is 0.342 e. The number of nitrogens with two attached hydrogens (primary N) is 1. The Balaban J connectivity index is 0. The van der Waals surface area contributed by atoms with Gasteiger partial charge >= 0.3 is 17.9 Å². The van der Waals surface area contributed by atoms with E-state index >= 15 is 0 Å². The Hall–Kier alpha value is -1.71. The summed E-state index contributed by atoms with van der Waals surface area (Å²) >= 11 is 0. The predicted octanol–water partition coefficient (Wildman–Crippen LogP) is -0.214. The molecule has 19 heavy (non-hydrogen) atoms. The molecular formula is C10H19NO8. The summed E-state index contributed by atoms with van der Waals surface area (Å²) in [6.45, 7) is 3.62. The first kappa shape index (κ1) is 19.6. The van der Waals surface area contributed by atoms with Gasteiger partial charge in [-0.15, -0.1) is 0 Å². The van der Waals surface area contributed by atoms with E-state index in [2.05, 4.69) is 25.3 Å². The van der Waals surface area contributed by atoms with Crippen LogP contribution in [0.5, 0.6) is 0 Å². The zero-order valence-electron chi connectivity index (χ0n) is 10.9. The Morgan fingerprint density at radius 2 is 1.26 bits per heavy atom. The van der Waals surface area contributed by atoms with Gasteiger partial charge < -0.3 is 10.8 Å². The fourth-order valence-electron chi connectivity index (χ4n) is 0.537. The zero-order chi connectivity index (χ0) is 15.1. The molecule has 0 saturated heterocycles. The molecule has 3 N–H and O–H groups in total. The molecule has 0 aliphatic heterocycles. The van der Waals surface area contributed by atoms with Gasteiger partial charge in [-0.1, -0.05) is 0 Å². The lowest BCUT2D eigenvalue weighted by molar-refractivity contribution is -0.275. The van der Waals surface area contributed by atoms with Crippen LogP contribution in [0.25, 0.3) is 0 Å². The van der Waals surface area contributed by atoms with Crippen LogP contribution in [-0.4, -0.2) is 42.8 Å². The van der Waals surface area contributed by atoms with Crippen molar-refractivity contribution in [2.45, 2.75) is 26.7 Å². The Morgan fingerprint density at radius 1 is 0.947 bits per heavy atom. The summed E-state index contributed by atoms with van der Waals surface area (Å²) in [5, 5.41) is 7.60. The molecule has 0 saturated carbocycles. The van der Waals surface area contributed by atoms with Gasteiger partial charge in [0.25, 0.3) is 0 Å². The standard InChI is InChI=1S/C8H14O6.C2H5NO2/c1-3-11-13-7(9)5-6-8(10)14-12-4-2;3-1-2(4)5/h3-6H2,1-2H3;1,3H2,(H,4,5). The minimum Gasteiger partial charge on any atom is -0.480 e. The van der Waals surface area contributed by atoms with Gasteiger partial charge in [0, 0.05) is 0 Å². The van der Waals surface area contributed by atoms with Crippen LogP contribution < -0.4 is 5.73 Å². The highest BCUT2D eigenvalue weighted by molar-refractivity contribution is 5.76. The van der Waals surface area contributed by atoms with Crippen molar-refractivity contribution in [3.05, 3.63) is 0 Å². The van der Waals surface area contributed by atoms with Crippen LogP contribution in [0.15, 0.2) is 0 Å². The normalized spacial score (nSPS) is 9.00. The fourth-order valence-corrected chi connectivity index (χ4v) is 0.537. The van der Waals surface area contributed by atoms with Crippen LogP contribution in [0.1, 0.15) is 26.7 Å². The van der Waals surface area contributed by atoms with Crippen molar-refractivity contribution >= 4 is 17.9 Å². The second kappa shape index (κ2) is 14.4. The van der Waals surface area contributed by atoms with Crippen molar-refractivity contribution in [3.8, 4) is 0 Å². The SMILES string of the molecule is CCOOC(=O)CCC(=O)OOCC.NCC(=O)O. The van der Waals surface area contributed by atoms with Crippen molar-refractivity contribution in [3.63, 3.8) is 0 Å². The summed E-state index contributed by atoms with van der Waals surface area (Å²) in [4.78, 5) is 48.1. The summed E-state index contributed by atoms with van der Waals surface area (Å²) in [6.07, 6.45) is -0.183. The van der Waals surface area contributed by atoms with Crippen LogP contribution in [0.2, 0.25) is 0 Å². The summed E-state index contributed by atoms with van der Waals surface area (Å²) in [5.74, 6) is -2.19. The summed E-state index contributed by atoms with van der Waals surface area (Å²) in [6, 6.07) is 0. The lowest BCUT2D eigenvalue weighted by atomic mass is 10.3. The lowest BCUT2D eigenvalue weighted by Crippen LogP contribution is -2.10. The largest absolute Gasteiger partial charge is 0.480 e. The van der Waals surface area contributed by atoms with E-state index in [-0.39, 0.29) is 32.6 Å². The minimum absolute atomic E-state index is 0.0914. The second-order valence-electron chi connectivity index (χ2n) is 2.82. The Bertz CT molecular complexity index is 248. The highest BCUT2D eigenvalue weighted by Gasteiger charge is 2.10. The average molecular weight is 281 g/mol. The van der Waals surface area contributed by atoms with Gasteiger partial charge in [0.1, 0.15) is 0 Å². The molecule has 0 radical (unpaired) electrons. The molecule has 0 spiro atoms. The van der Waals surface area contributed by atoms with Crippen molar-refractivity contribution in [2.75, 3.05) is 19.8 Å². The molecule has 9 heteroatoms. The minimum atomic E-state index is -0.968. The topological polar surface area (TPSA) is 134 Å². The number of carboxylic acid groups (broad SMARTS) is 1. The third-order valence-corrected chi connectivity index (χ3v) is 1.25. The Kier molecular flexibility index (Phi) is 14.8.